The lowest BCUT2D eigenvalue weighted by Gasteiger charge is -2.46. The van der Waals surface area contributed by atoms with E-state index in [0.29, 0.717) is 12.0 Å². The fourth-order valence-corrected chi connectivity index (χ4v) is 3.86. The summed E-state index contributed by atoms with van der Waals surface area (Å²) in [6, 6.07) is 0. The number of epoxide rings is 1. The van der Waals surface area contributed by atoms with Crippen LogP contribution >= 0.6 is 0 Å². The van der Waals surface area contributed by atoms with Crippen molar-refractivity contribution in [1.29, 1.82) is 0 Å². The molecule has 0 bridgehead atoms. The molecule has 19 heavy (non-hydrogen) atoms. The first kappa shape index (κ1) is 13.0. The van der Waals surface area contributed by atoms with Crippen molar-refractivity contribution in [3.63, 3.8) is 0 Å². The average Bonchev–Trinajstić information content (AvgIpc) is 3.15. The minimum absolute atomic E-state index is 0.0268. The first-order chi connectivity index (χ1) is 8.88. The molecule has 2 aliphatic carbocycles. The van der Waals surface area contributed by atoms with Crippen LogP contribution in [-0.4, -0.2) is 40.4 Å². The fraction of sp³-hybridized carbons (Fsp3) is 0.667. The van der Waals surface area contributed by atoms with Crippen LogP contribution in [0.15, 0.2) is 23.8 Å². The summed E-state index contributed by atoms with van der Waals surface area (Å²) in [5, 5.41) is 19.4. The molecule has 0 aromatic heterocycles. The zero-order valence-electron chi connectivity index (χ0n) is 11.3. The zero-order valence-corrected chi connectivity index (χ0v) is 11.3. The Morgan fingerprint density at radius 3 is 2.95 bits per heavy atom. The van der Waals surface area contributed by atoms with Crippen molar-refractivity contribution in [1.82, 2.24) is 0 Å². The molecule has 5 atom stereocenters. The van der Waals surface area contributed by atoms with Crippen LogP contribution in [0.3, 0.4) is 0 Å². The molecule has 0 amide bonds. The van der Waals surface area contributed by atoms with E-state index in [4.69, 9.17) is 4.74 Å². The van der Waals surface area contributed by atoms with Crippen LogP contribution in [0.5, 0.6) is 0 Å². The van der Waals surface area contributed by atoms with E-state index in [1.54, 1.807) is 6.08 Å². The molecule has 1 saturated carbocycles. The zero-order chi connectivity index (χ0) is 14.0. The molecular weight excluding hydrogens is 244 g/mol. The van der Waals surface area contributed by atoms with Crippen LogP contribution in [0.2, 0.25) is 0 Å². The second kappa shape index (κ2) is 3.78. The Kier molecular flexibility index (Phi) is 2.59. The van der Waals surface area contributed by atoms with E-state index in [1.807, 2.05) is 6.92 Å². The van der Waals surface area contributed by atoms with Crippen molar-refractivity contribution in [2.24, 2.45) is 11.3 Å². The maximum atomic E-state index is 12.3. The molecule has 0 radical (unpaired) electrons. The highest BCUT2D eigenvalue weighted by Crippen LogP contribution is 2.63. The third-order valence-electron chi connectivity index (χ3n) is 5.47. The lowest BCUT2D eigenvalue weighted by Crippen LogP contribution is -2.50. The molecule has 3 rings (SSSR count). The summed E-state index contributed by atoms with van der Waals surface area (Å²) in [4.78, 5) is 12.3. The normalized spacial score (nSPS) is 48.1. The van der Waals surface area contributed by atoms with Gasteiger partial charge in [0.05, 0.1) is 12.7 Å². The summed E-state index contributed by atoms with van der Waals surface area (Å²) in [5.74, 6) is -0.0772. The van der Waals surface area contributed by atoms with Crippen molar-refractivity contribution < 1.29 is 19.7 Å². The van der Waals surface area contributed by atoms with Gasteiger partial charge < -0.3 is 14.9 Å². The molecule has 3 aliphatic rings. The van der Waals surface area contributed by atoms with Crippen molar-refractivity contribution in [3.05, 3.63) is 23.8 Å². The Labute approximate surface area is 112 Å². The second-order valence-corrected chi connectivity index (χ2v) is 6.21. The van der Waals surface area contributed by atoms with Crippen LogP contribution in [0.4, 0.5) is 0 Å². The van der Waals surface area contributed by atoms with Crippen LogP contribution in [0.1, 0.15) is 26.7 Å². The van der Waals surface area contributed by atoms with Gasteiger partial charge in [0.15, 0.2) is 11.4 Å². The molecule has 1 aliphatic heterocycles. The van der Waals surface area contributed by atoms with E-state index in [2.05, 4.69) is 13.5 Å². The third-order valence-corrected chi connectivity index (χ3v) is 5.47. The van der Waals surface area contributed by atoms with Gasteiger partial charge in [0.2, 0.25) is 0 Å². The smallest absolute Gasteiger partial charge is 0.194 e. The molecule has 1 heterocycles. The summed E-state index contributed by atoms with van der Waals surface area (Å²) in [7, 11) is 0. The van der Waals surface area contributed by atoms with E-state index >= 15 is 0 Å². The maximum Gasteiger partial charge on any atom is 0.194 e. The van der Waals surface area contributed by atoms with Gasteiger partial charge in [-0.1, -0.05) is 26.0 Å². The summed E-state index contributed by atoms with van der Waals surface area (Å²) in [6.45, 7) is 7.59. The number of ether oxygens (including phenoxy) is 1. The third kappa shape index (κ3) is 1.37. The molecule has 0 unspecified atom stereocenters. The maximum absolute atomic E-state index is 12.3. The predicted molar refractivity (Wildman–Crippen MR) is 69.4 cm³/mol. The monoisotopic (exact) mass is 264 g/mol. The molecule has 4 heteroatoms. The van der Waals surface area contributed by atoms with E-state index in [9.17, 15) is 15.0 Å². The predicted octanol–water partition coefficient (Wildman–Crippen LogP) is 0.979. The first-order valence-electron chi connectivity index (χ1n) is 6.79. The van der Waals surface area contributed by atoms with Gasteiger partial charge in [-0.25, -0.2) is 0 Å². The minimum Gasteiger partial charge on any atom is -0.393 e. The lowest BCUT2D eigenvalue weighted by molar-refractivity contribution is -0.119. The number of hydrogen-bond donors (Lipinski definition) is 2. The molecule has 1 saturated heterocycles. The number of rotatable bonds is 2. The molecule has 0 aromatic rings. The summed E-state index contributed by atoms with van der Waals surface area (Å²) < 4.78 is 5.75. The Balaban J connectivity index is 2.07. The highest BCUT2D eigenvalue weighted by Gasteiger charge is 2.74. The summed E-state index contributed by atoms with van der Waals surface area (Å²) in [6.07, 6.45) is 2.41. The van der Waals surface area contributed by atoms with E-state index < -0.39 is 5.60 Å². The summed E-state index contributed by atoms with van der Waals surface area (Å²) >= 11 is 0. The van der Waals surface area contributed by atoms with Gasteiger partial charge in [0.25, 0.3) is 0 Å². The molecular formula is C15H20O4. The highest BCUT2D eigenvalue weighted by molar-refractivity contribution is 6.04. The molecule has 0 spiro atoms. The highest BCUT2D eigenvalue weighted by atomic mass is 16.6. The van der Waals surface area contributed by atoms with Gasteiger partial charge in [-0.3, -0.25) is 4.79 Å². The average molecular weight is 264 g/mol. The second-order valence-electron chi connectivity index (χ2n) is 6.21. The van der Waals surface area contributed by atoms with Gasteiger partial charge in [-0.15, -0.1) is 0 Å². The van der Waals surface area contributed by atoms with Crippen molar-refractivity contribution >= 4 is 5.78 Å². The number of carbonyl (C=O) groups excluding carboxylic acids is 1. The standard InChI is InChI=1S/C15H20O4/c1-8(7-16)15-12(18)6-10-4-5-11(17)9(2)14(10,3)13(15)19-15/h6,9,11,13,16-17H,1,4-5,7H2,2-3H3/t9-,11+,13+,14+,15-/m0/s1. The van der Waals surface area contributed by atoms with Crippen molar-refractivity contribution in [2.45, 2.75) is 44.5 Å². The number of ketones is 1. The molecule has 2 N–H and O–H groups in total. The Morgan fingerprint density at radius 1 is 1.63 bits per heavy atom. The van der Waals surface area contributed by atoms with Crippen LogP contribution in [-0.2, 0) is 9.53 Å². The van der Waals surface area contributed by atoms with Crippen LogP contribution in [0.25, 0.3) is 0 Å². The van der Waals surface area contributed by atoms with Gasteiger partial charge in [-0.2, -0.15) is 0 Å². The number of aliphatic hydroxyl groups excluding tert-OH is 2. The van der Waals surface area contributed by atoms with Crippen molar-refractivity contribution in [3.8, 4) is 0 Å². The Morgan fingerprint density at radius 2 is 2.32 bits per heavy atom. The number of carbonyl (C=O) groups is 1. The number of hydrogen-bond acceptors (Lipinski definition) is 4. The van der Waals surface area contributed by atoms with Crippen LogP contribution in [0, 0.1) is 11.3 Å². The van der Waals surface area contributed by atoms with Gasteiger partial charge in [-0.05, 0) is 30.4 Å². The fourth-order valence-electron chi connectivity index (χ4n) is 3.86. The SMILES string of the molecule is C=C(CO)[C@@]12O[C@@H]1[C@@]1(C)C(=CC2=O)CC[C@@H](O)[C@@H]1C. The number of fused-ring (bicyclic) bond motifs is 3. The van der Waals surface area contributed by atoms with Gasteiger partial charge in [0, 0.05) is 5.41 Å². The van der Waals surface area contributed by atoms with Crippen molar-refractivity contribution in [2.75, 3.05) is 6.61 Å². The Bertz CT molecular complexity index is 494. The lowest BCUT2D eigenvalue weighted by atomic mass is 9.57. The topological polar surface area (TPSA) is 70.1 Å². The molecule has 0 aromatic carbocycles. The van der Waals surface area contributed by atoms with E-state index in [0.717, 1.165) is 12.0 Å². The minimum atomic E-state index is -1.04. The van der Waals surface area contributed by atoms with E-state index in [-0.39, 0.29) is 35.9 Å². The Hall–Kier alpha value is -0.970. The largest absolute Gasteiger partial charge is 0.393 e. The first-order valence-corrected chi connectivity index (χ1v) is 6.79. The van der Waals surface area contributed by atoms with Gasteiger partial charge in [0.1, 0.15) is 6.10 Å². The summed E-state index contributed by atoms with van der Waals surface area (Å²) in [5.41, 5.74) is 0.104. The quantitative estimate of drug-likeness (QED) is 0.576. The molecule has 104 valence electrons. The van der Waals surface area contributed by atoms with Gasteiger partial charge >= 0.3 is 0 Å². The molecule has 2 fully saturated rings. The van der Waals surface area contributed by atoms with Crippen LogP contribution < -0.4 is 0 Å². The number of aliphatic hydroxyl groups is 2. The van der Waals surface area contributed by atoms with E-state index in [1.165, 1.54) is 0 Å². The molecule has 4 nitrogen and oxygen atoms in total.